The zero-order valence-electron chi connectivity index (χ0n) is 12.6. The highest BCUT2D eigenvalue weighted by atomic mass is 32.2. The van der Waals surface area contributed by atoms with E-state index < -0.39 is 17.5 Å². The summed E-state index contributed by atoms with van der Waals surface area (Å²) in [5.74, 6) is 0.464. The summed E-state index contributed by atoms with van der Waals surface area (Å²) in [5, 5.41) is -0.0784. The largest absolute Gasteiger partial charge is 0.369 e. The normalized spacial score (nSPS) is 28.4. The van der Waals surface area contributed by atoms with Crippen LogP contribution >= 0.6 is 11.8 Å². The highest BCUT2D eigenvalue weighted by Crippen LogP contribution is 2.46. The van der Waals surface area contributed by atoms with Gasteiger partial charge in [0.05, 0.1) is 18.0 Å². The number of nitrogens with zero attached hydrogens (tertiary/aromatic N) is 1. The van der Waals surface area contributed by atoms with Crippen LogP contribution in [0.15, 0.2) is 46.1 Å². The van der Waals surface area contributed by atoms with Gasteiger partial charge in [0.2, 0.25) is 0 Å². The smallest absolute Gasteiger partial charge is 0.330 e. The van der Waals surface area contributed by atoms with E-state index in [1.54, 1.807) is 30.0 Å². The molecule has 4 atom stereocenters. The van der Waals surface area contributed by atoms with E-state index in [4.69, 9.17) is 9.47 Å². The van der Waals surface area contributed by atoms with Crippen LogP contribution < -0.4 is 11.2 Å². The van der Waals surface area contributed by atoms with Gasteiger partial charge in [-0.05, 0) is 6.07 Å². The minimum Gasteiger partial charge on any atom is -0.369 e. The van der Waals surface area contributed by atoms with Crippen LogP contribution in [0.25, 0.3) is 0 Å². The lowest BCUT2D eigenvalue weighted by Gasteiger charge is -2.22. The Morgan fingerprint density at radius 2 is 2.17 bits per heavy atom. The van der Waals surface area contributed by atoms with E-state index in [9.17, 15) is 14.0 Å². The number of ether oxygens (including phenoxy) is 2. The van der Waals surface area contributed by atoms with Crippen molar-refractivity contribution in [2.24, 2.45) is 0 Å². The summed E-state index contributed by atoms with van der Waals surface area (Å²) in [5.41, 5.74) is -0.459. The van der Waals surface area contributed by atoms with Crippen molar-refractivity contribution in [1.29, 1.82) is 0 Å². The Bertz CT molecular complexity index is 867. The average molecular weight is 350 g/mol. The van der Waals surface area contributed by atoms with Gasteiger partial charge in [-0.3, -0.25) is 14.3 Å². The molecular weight excluding hydrogens is 335 g/mol. The van der Waals surface area contributed by atoms with Crippen molar-refractivity contribution in [3.05, 3.63) is 68.7 Å². The summed E-state index contributed by atoms with van der Waals surface area (Å²) in [6, 6.07) is 7.77. The van der Waals surface area contributed by atoms with E-state index in [2.05, 4.69) is 4.98 Å². The summed E-state index contributed by atoms with van der Waals surface area (Å²) in [7, 11) is 0. The minimum atomic E-state index is -0.506. The van der Waals surface area contributed by atoms with Gasteiger partial charge in [0, 0.05) is 23.6 Å². The van der Waals surface area contributed by atoms with Gasteiger partial charge < -0.3 is 9.47 Å². The first-order valence-electron chi connectivity index (χ1n) is 7.57. The second kappa shape index (κ2) is 6.19. The molecule has 0 unspecified atom stereocenters. The lowest BCUT2D eigenvalue weighted by Crippen LogP contribution is -2.36. The van der Waals surface area contributed by atoms with Crippen molar-refractivity contribution < 1.29 is 13.9 Å². The molecule has 2 aliphatic heterocycles. The van der Waals surface area contributed by atoms with Gasteiger partial charge in [0.1, 0.15) is 11.9 Å². The van der Waals surface area contributed by atoms with Crippen molar-refractivity contribution in [3.8, 4) is 0 Å². The Balaban J connectivity index is 1.52. The number of aromatic nitrogens is 2. The Labute approximate surface area is 140 Å². The molecule has 2 bridgehead atoms. The molecule has 8 heteroatoms. The van der Waals surface area contributed by atoms with Gasteiger partial charge in [-0.15, -0.1) is 11.8 Å². The molecule has 2 aromatic rings. The van der Waals surface area contributed by atoms with Crippen LogP contribution in [0.5, 0.6) is 0 Å². The van der Waals surface area contributed by atoms with E-state index in [-0.39, 0.29) is 29.9 Å². The fraction of sp³-hybridized carbons (Fsp3) is 0.375. The SMILES string of the molecule is O=c1ccn([C@H]2O[C@H]3CS[C@@H]2[C@H]3OCc2ccccc2F)c(=O)[nH]1. The summed E-state index contributed by atoms with van der Waals surface area (Å²) < 4.78 is 26.9. The Morgan fingerprint density at radius 1 is 1.33 bits per heavy atom. The molecule has 0 amide bonds. The number of benzene rings is 1. The first-order valence-corrected chi connectivity index (χ1v) is 8.62. The maximum Gasteiger partial charge on any atom is 0.330 e. The van der Waals surface area contributed by atoms with Gasteiger partial charge in [0.25, 0.3) is 5.56 Å². The third-order valence-corrected chi connectivity index (χ3v) is 5.66. The summed E-state index contributed by atoms with van der Waals surface area (Å²) in [6.45, 7) is 0.154. The van der Waals surface area contributed by atoms with Crippen LogP contribution in [0, 0.1) is 5.82 Å². The number of hydrogen-bond donors (Lipinski definition) is 1. The summed E-state index contributed by atoms with van der Waals surface area (Å²) in [4.78, 5) is 25.4. The molecule has 3 heterocycles. The maximum absolute atomic E-state index is 13.7. The predicted octanol–water partition coefficient (Wildman–Crippen LogP) is 1.27. The van der Waals surface area contributed by atoms with E-state index in [0.717, 1.165) is 5.75 Å². The zero-order chi connectivity index (χ0) is 16.7. The lowest BCUT2D eigenvalue weighted by molar-refractivity contribution is -0.0319. The van der Waals surface area contributed by atoms with Crippen molar-refractivity contribution in [1.82, 2.24) is 9.55 Å². The molecule has 2 fully saturated rings. The van der Waals surface area contributed by atoms with E-state index >= 15 is 0 Å². The standard InChI is InChI=1S/C16H15FN2O4S/c17-10-4-2-1-3-9(10)7-22-13-11-8-24-14(13)15(23-11)19-6-5-12(20)18-16(19)21/h1-6,11,13-15H,7-8H2,(H,18,20,21)/t11-,13-,14+,15-/m0/s1. The van der Waals surface area contributed by atoms with E-state index in [0.29, 0.717) is 5.56 Å². The molecule has 1 N–H and O–H groups in total. The molecule has 0 aliphatic carbocycles. The van der Waals surface area contributed by atoms with Crippen LogP contribution in [0.4, 0.5) is 4.39 Å². The fourth-order valence-corrected chi connectivity index (χ4v) is 4.56. The number of halogens is 1. The Hall–Kier alpha value is -1.90. The molecule has 2 saturated heterocycles. The Kier molecular flexibility index (Phi) is 4.03. The monoisotopic (exact) mass is 350 g/mol. The fourth-order valence-electron chi connectivity index (χ4n) is 3.08. The molecule has 0 spiro atoms. The number of fused-ring (bicyclic) bond motifs is 2. The maximum atomic E-state index is 13.7. The van der Waals surface area contributed by atoms with E-state index in [1.807, 2.05) is 0 Å². The summed E-state index contributed by atoms with van der Waals surface area (Å²) in [6.07, 6.45) is 0.554. The number of hydrogen-bond acceptors (Lipinski definition) is 5. The molecule has 0 radical (unpaired) electrons. The molecule has 4 rings (SSSR count). The molecule has 126 valence electrons. The second-order valence-electron chi connectivity index (χ2n) is 5.75. The van der Waals surface area contributed by atoms with Gasteiger partial charge in [-0.1, -0.05) is 18.2 Å². The van der Waals surface area contributed by atoms with Gasteiger partial charge in [-0.2, -0.15) is 0 Å². The second-order valence-corrected chi connectivity index (χ2v) is 6.96. The van der Waals surface area contributed by atoms with Gasteiger partial charge in [-0.25, -0.2) is 9.18 Å². The van der Waals surface area contributed by atoms with Crippen LogP contribution in [-0.2, 0) is 16.1 Å². The lowest BCUT2D eigenvalue weighted by atomic mass is 10.2. The van der Waals surface area contributed by atoms with Crippen LogP contribution in [0.2, 0.25) is 0 Å². The molecule has 6 nitrogen and oxygen atoms in total. The van der Waals surface area contributed by atoms with Crippen LogP contribution in [-0.4, -0.2) is 32.8 Å². The van der Waals surface area contributed by atoms with Crippen molar-refractivity contribution in [3.63, 3.8) is 0 Å². The third kappa shape index (κ3) is 2.70. The highest BCUT2D eigenvalue weighted by molar-refractivity contribution is 8.00. The number of aromatic amines is 1. The van der Waals surface area contributed by atoms with Crippen LogP contribution in [0.1, 0.15) is 11.8 Å². The van der Waals surface area contributed by atoms with Crippen molar-refractivity contribution in [2.45, 2.75) is 30.3 Å². The van der Waals surface area contributed by atoms with Gasteiger partial charge in [0.15, 0.2) is 6.23 Å². The Morgan fingerprint density at radius 3 is 2.96 bits per heavy atom. The number of nitrogens with one attached hydrogen (secondary N) is 1. The van der Waals surface area contributed by atoms with Crippen molar-refractivity contribution >= 4 is 11.8 Å². The molecule has 0 saturated carbocycles. The minimum absolute atomic E-state index is 0.0784. The first kappa shape index (κ1) is 15.6. The average Bonchev–Trinajstić information content (AvgIpc) is 3.11. The first-order chi connectivity index (χ1) is 11.6. The topological polar surface area (TPSA) is 73.3 Å². The van der Waals surface area contributed by atoms with Gasteiger partial charge >= 0.3 is 5.69 Å². The number of rotatable bonds is 4. The number of H-pyrrole nitrogens is 1. The molecule has 2 aliphatic rings. The number of thioether (sulfide) groups is 1. The quantitative estimate of drug-likeness (QED) is 0.899. The predicted molar refractivity (Wildman–Crippen MR) is 86.5 cm³/mol. The highest BCUT2D eigenvalue weighted by Gasteiger charge is 2.52. The molecular formula is C16H15FN2O4S. The third-order valence-electron chi connectivity index (χ3n) is 4.25. The molecule has 1 aromatic carbocycles. The van der Waals surface area contributed by atoms with E-state index in [1.165, 1.54) is 22.9 Å². The summed E-state index contributed by atoms with van der Waals surface area (Å²) >= 11 is 1.66. The molecule has 24 heavy (non-hydrogen) atoms. The van der Waals surface area contributed by atoms with Crippen molar-refractivity contribution in [2.75, 3.05) is 5.75 Å². The zero-order valence-corrected chi connectivity index (χ0v) is 13.4. The molecule has 1 aromatic heterocycles. The van der Waals surface area contributed by atoms with Crippen LogP contribution in [0.3, 0.4) is 0 Å².